The third-order valence-electron chi connectivity index (χ3n) is 5.70. The smallest absolute Gasteiger partial charge is 0.280 e. The molecule has 0 saturated heterocycles. The maximum absolute atomic E-state index is 13.7. The summed E-state index contributed by atoms with van der Waals surface area (Å²) in [7, 11) is 0. The highest BCUT2D eigenvalue weighted by molar-refractivity contribution is 7.71. The van der Waals surface area contributed by atoms with Gasteiger partial charge in [-0.3, -0.25) is 18.7 Å². The lowest BCUT2D eigenvalue weighted by atomic mass is 10.1. The lowest BCUT2D eigenvalue weighted by molar-refractivity contribution is -0.114. The first-order valence-corrected chi connectivity index (χ1v) is 11.7. The molecule has 9 heteroatoms. The summed E-state index contributed by atoms with van der Waals surface area (Å²) in [6, 6.07) is 24.6. The highest BCUT2D eigenvalue weighted by Crippen LogP contribution is 2.29. The minimum absolute atomic E-state index is 0.0840. The SMILES string of the molecule is CC1=NN(c2cccc(Cl)c2)C(=O)C1=Cc1c(O)n(-c2ccccc2)c(=S)n(-c2ccccc2)c1=O. The summed E-state index contributed by atoms with van der Waals surface area (Å²) >= 11 is 11.7. The van der Waals surface area contributed by atoms with E-state index in [1.807, 2.05) is 12.1 Å². The van der Waals surface area contributed by atoms with Crippen LogP contribution < -0.4 is 10.6 Å². The van der Waals surface area contributed by atoms with Crippen molar-refractivity contribution in [3.05, 3.63) is 116 Å². The first kappa shape index (κ1) is 23.5. The number of carbonyl (C=O) groups excluding carboxylic acids is 1. The van der Waals surface area contributed by atoms with Gasteiger partial charge in [0.15, 0.2) is 4.77 Å². The fraction of sp³-hybridized carbons (Fsp3) is 0.0370. The fourth-order valence-electron chi connectivity index (χ4n) is 3.97. The average Bonchev–Trinajstić information content (AvgIpc) is 3.16. The van der Waals surface area contributed by atoms with Gasteiger partial charge in [-0.1, -0.05) is 54.1 Å². The number of amides is 1. The number of halogens is 1. The zero-order valence-electron chi connectivity index (χ0n) is 19.0. The van der Waals surface area contributed by atoms with Crippen molar-refractivity contribution in [1.29, 1.82) is 0 Å². The van der Waals surface area contributed by atoms with Gasteiger partial charge in [0.2, 0.25) is 5.88 Å². The van der Waals surface area contributed by atoms with E-state index in [4.69, 9.17) is 23.8 Å². The Morgan fingerprint density at radius 2 is 1.44 bits per heavy atom. The second-order valence-corrected chi connectivity index (χ2v) is 8.81. The second-order valence-electron chi connectivity index (χ2n) is 8.01. The first-order valence-electron chi connectivity index (χ1n) is 11.0. The molecule has 178 valence electrons. The van der Waals surface area contributed by atoms with E-state index in [0.717, 1.165) is 0 Å². The van der Waals surface area contributed by atoms with Crippen LogP contribution in [0.1, 0.15) is 12.5 Å². The topological polar surface area (TPSA) is 79.8 Å². The molecule has 0 radical (unpaired) electrons. The molecule has 36 heavy (non-hydrogen) atoms. The van der Waals surface area contributed by atoms with Crippen molar-refractivity contribution in [3.8, 4) is 17.3 Å². The Labute approximate surface area is 216 Å². The number of rotatable bonds is 4. The van der Waals surface area contributed by atoms with Crippen molar-refractivity contribution in [2.24, 2.45) is 5.10 Å². The number of carbonyl (C=O) groups is 1. The van der Waals surface area contributed by atoms with Gasteiger partial charge in [0.05, 0.1) is 28.3 Å². The van der Waals surface area contributed by atoms with Gasteiger partial charge in [0.1, 0.15) is 5.56 Å². The van der Waals surface area contributed by atoms with Crippen LogP contribution in [-0.2, 0) is 4.79 Å². The Bertz CT molecular complexity index is 1680. The van der Waals surface area contributed by atoms with Gasteiger partial charge in [0, 0.05) is 5.02 Å². The Morgan fingerprint density at radius 3 is 2.06 bits per heavy atom. The molecule has 0 saturated carbocycles. The maximum Gasteiger partial charge on any atom is 0.280 e. The number of hydrazone groups is 1. The number of aromatic nitrogens is 2. The molecular weight excluding hydrogens is 496 g/mol. The standard InChI is InChI=1S/C27H19ClN4O3S/c1-17-22(26(35)32(29-17)21-14-8-9-18(28)15-21)16-23-24(33)30(19-10-4-2-5-11-19)27(36)31(25(23)34)20-12-6-3-7-13-20/h2-16,33H,1H3. The van der Waals surface area contributed by atoms with Gasteiger partial charge < -0.3 is 5.11 Å². The molecule has 0 aliphatic carbocycles. The highest BCUT2D eigenvalue weighted by Gasteiger charge is 2.30. The molecular formula is C27H19ClN4O3S. The molecule has 5 rings (SSSR count). The Morgan fingerprint density at radius 1 is 0.861 bits per heavy atom. The van der Waals surface area contributed by atoms with Crippen molar-refractivity contribution < 1.29 is 9.90 Å². The molecule has 1 amide bonds. The number of para-hydroxylation sites is 2. The third kappa shape index (κ3) is 4.06. The molecule has 7 nitrogen and oxygen atoms in total. The van der Waals surface area contributed by atoms with Crippen molar-refractivity contribution in [1.82, 2.24) is 9.13 Å². The summed E-state index contributed by atoms with van der Waals surface area (Å²) in [5.74, 6) is -0.828. The number of hydrogen-bond donors (Lipinski definition) is 1. The van der Waals surface area contributed by atoms with Crippen molar-refractivity contribution in [2.45, 2.75) is 6.92 Å². The molecule has 0 unspecified atom stereocenters. The number of benzene rings is 3. The van der Waals surface area contributed by atoms with Crippen LogP contribution in [0.5, 0.6) is 5.88 Å². The Hall–Kier alpha value is -4.27. The minimum Gasteiger partial charge on any atom is -0.494 e. The molecule has 0 bridgehead atoms. The third-order valence-corrected chi connectivity index (χ3v) is 6.30. The minimum atomic E-state index is -0.565. The van der Waals surface area contributed by atoms with Gasteiger partial charge >= 0.3 is 0 Å². The molecule has 1 aliphatic rings. The highest BCUT2D eigenvalue weighted by atomic mass is 35.5. The van der Waals surface area contributed by atoms with Crippen LogP contribution in [0, 0.1) is 4.77 Å². The van der Waals surface area contributed by atoms with E-state index in [1.54, 1.807) is 79.7 Å². The molecule has 1 aliphatic heterocycles. The van der Waals surface area contributed by atoms with Crippen molar-refractivity contribution in [3.63, 3.8) is 0 Å². The van der Waals surface area contributed by atoms with Crippen LogP contribution in [0.4, 0.5) is 5.69 Å². The lowest BCUT2D eigenvalue weighted by Crippen LogP contribution is -2.26. The van der Waals surface area contributed by atoms with Crippen LogP contribution in [-0.4, -0.2) is 25.9 Å². The number of aromatic hydroxyl groups is 1. The van der Waals surface area contributed by atoms with E-state index in [2.05, 4.69) is 5.10 Å². The van der Waals surface area contributed by atoms with Gasteiger partial charge in [-0.05, 0) is 67.7 Å². The largest absolute Gasteiger partial charge is 0.494 e. The predicted molar refractivity (Wildman–Crippen MR) is 144 cm³/mol. The van der Waals surface area contributed by atoms with Gasteiger partial charge in [-0.2, -0.15) is 10.1 Å². The summed E-state index contributed by atoms with van der Waals surface area (Å²) in [4.78, 5) is 27.0. The summed E-state index contributed by atoms with van der Waals surface area (Å²) < 4.78 is 2.81. The van der Waals surface area contributed by atoms with Crippen molar-refractivity contribution >= 4 is 47.2 Å². The van der Waals surface area contributed by atoms with E-state index in [-0.39, 0.29) is 21.8 Å². The normalized spacial score (nSPS) is 14.4. The van der Waals surface area contributed by atoms with Crippen LogP contribution in [0.15, 0.2) is 100 Å². The van der Waals surface area contributed by atoms with Gasteiger partial charge in [0.25, 0.3) is 11.5 Å². The van der Waals surface area contributed by atoms with E-state index in [9.17, 15) is 14.7 Å². The van der Waals surface area contributed by atoms with E-state index in [1.165, 1.54) is 20.2 Å². The Kier molecular flexibility index (Phi) is 6.13. The monoisotopic (exact) mass is 514 g/mol. The van der Waals surface area contributed by atoms with E-state index in [0.29, 0.717) is 27.8 Å². The average molecular weight is 515 g/mol. The molecule has 2 heterocycles. The quantitative estimate of drug-likeness (QED) is 0.287. The number of anilines is 1. The van der Waals surface area contributed by atoms with Gasteiger partial charge in [-0.15, -0.1) is 0 Å². The molecule has 1 aromatic heterocycles. The lowest BCUT2D eigenvalue weighted by Gasteiger charge is -2.17. The molecule has 3 aromatic carbocycles. The molecule has 1 N–H and O–H groups in total. The van der Waals surface area contributed by atoms with Gasteiger partial charge in [-0.25, -0.2) is 0 Å². The maximum atomic E-state index is 13.7. The van der Waals surface area contributed by atoms with Crippen LogP contribution in [0.25, 0.3) is 17.5 Å². The van der Waals surface area contributed by atoms with Crippen molar-refractivity contribution in [2.75, 3.05) is 5.01 Å². The summed E-state index contributed by atoms with van der Waals surface area (Å²) in [6.07, 6.45) is 1.36. The Balaban J connectivity index is 1.74. The predicted octanol–water partition coefficient (Wildman–Crippen LogP) is 5.52. The van der Waals surface area contributed by atoms with E-state index < -0.39 is 11.5 Å². The molecule has 0 fully saturated rings. The second kappa shape index (κ2) is 9.41. The summed E-state index contributed by atoms with van der Waals surface area (Å²) in [6.45, 7) is 1.66. The number of hydrogen-bond acceptors (Lipinski definition) is 5. The van der Waals surface area contributed by atoms with Crippen LogP contribution >= 0.6 is 23.8 Å². The van der Waals surface area contributed by atoms with Crippen LogP contribution in [0.2, 0.25) is 5.02 Å². The fourth-order valence-corrected chi connectivity index (χ4v) is 4.53. The first-order chi connectivity index (χ1) is 17.4. The summed E-state index contributed by atoms with van der Waals surface area (Å²) in [5, 5.41) is 17.3. The molecule has 0 spiro atoms. The van der Waals surface area contributed by atoms with E-state index >= 15 is 0 Å². The zero-order valence-corrected chi connectivity index (χ0v) is 20.6. The zero-order chi connectivity index (χ0) is 25.4. The molecule has 0 atom stereocenters. The number of nitrogens with zero attached hydrogens (tertiary/aromatic N) is 4. The molecule has 4 aromatic rings. The summed E-state index contributed by atoms with van der Waals surface area (Å²) in [5.41, 5.74) is 1.47. The van der Waals surface area contributed by atoms with Crippen LogP contribution in [0.3, 0.4) is 0 Å².